The third-order valence-corrected chi connectivity index (χ3v) is 2.97. The zero-order valence-corrected chi connectivity index (χ0v) is 12.9. The average Bonchev–Trinajstić information content (AvgIpc) is 2.36. The van der Waals surface area contributed by atoms with Crippen LogP contribution in [0.15, 0.2) is 24.3 Å². The molecule has 1 N–H and O–H groups in total. The third kappa shape index (κ3) is 6.60. The van der Waals surface area contributed by atoms with Gasteiger partial charge in [-0.3, -0.25) is 0 Å². The molecule has 0 aliphatic rings. The lowest BCUT2D eigenvalue weighted by Crippen LogP contribution is -2.28. The Labute approximate surface area is 118 Å². The Balaban J connectivity index is 2.41. The van der Waals surface area contributed by atoms with Crippen molar-refractivity contribution in [2.24, 2.45) is 5.92 Å². The van der Waals surface area contributed by atoms with Gasteiger partial charge in [-0.1, -0.05) is 26.0 Å². The second-order valence-electron chi connectivity index (χ2n) is 5.75. The van der Waals surface area contributed by atoms with E-state index in [1.807, 2.05) is 0 Å². The first-order chi connectivity index (χ1) is 8.99. The average molecular weight is 264 g/mol. The molecule has 0 spiro atoms. The van der Waals surface area contributed by atoms with Crippen molar-refractivity contribution in [1.82, 2.24) is 10.2 Å². The molecule has 1 aromatic rings. The molecule has 0 aromatic heterocycles. The molecule has 0 saturated heterocycles. The van der Waals surface area contributed by atoms with E-state index in [1.54, 1.807) is 0 Å². The molecule has 0 amide bonds. The molecular weight excluding hydrogens is 236 g/mol. The summed E-state index contributed by atoms with van der Waals surface area (Å²) in [7, 11) is 4.18. The molecule has 19 heavy (non-hydrogen) atoms. The molecule has 108 valence electrons. The number of benzene rings is 1. The van der Waals surface area contributed by atoms with E-state index >= 15 is 0 Å². The summed E-state index contributed by atoms with van der Waals surface area (Å²) in [5, 5.41) is 3.52. The minimum absolute atomic E-state index is 0.374. The molecule has 3 heteroatoms. The second-order valence-corrected chi connectivity index (χ2v) is 5.75. The number of nitrogens with one attached hydrogen (secondary N) is 1. The molecule has 1 rings (SSSR count). The predicted octanol–water partition coefficient (Wildman–Crippen LogP) is 2.93. The maximum absolute atomic E-state index is 5.69. The van der Waals surface area contributed by atoms with Gasteiger partial charge in [0, 0.05) is 19.1 Å². The van der Waals surface area contributed by atoms with Crippen LogP contribution in [0, 0.1) is 5.92 Å². The molecule has 1 unspecified atom stereocenters. The lowest BCUT2D eigenvalue weighted by Gasteiger charge is -2.17. The summed E-state index contributed by atoms with van der Waals surface area (Å²) in [5.74, 6) is 1.52. The van der Waals surface area contributed by atoms with Gasteiger partial charge in [-0.05, 0) is 44.6 Å². The maximum Gasteiger partial charge on any atom is 0.119 e. The molecule has 0 saturated carbocycles. The Morgan fingerprint density at radius 2 is 1.74 bits per heavy atom. The first-order valence-electron chi connectivity index (χ1n) is 7.10. The van der Waals surface area contributed by atoms with Gasteiger partial charge in [-0.25, -0.2) is 0 Å². The summed E-state index contributed by atoms with van der Waals surface area (Å²) in [6, 6.07) is 8.77. The summed E-state index contributed by atoms with van der Waals surface area (Å²) < 4.78 is 5.69. The highest BCUT2D eigenvalue weighted by Crippen LogP contribution is 2.17. The number of ether oxygens (including phenoxy) is 1. The molecule has 1 atom stereocenters. The van der Waals surface area contributed by atoms with Gasteiger partial charge in [0.1, 0.15) is 5.75 Å². The fourth-order valence-electron chi connectivity index (χ4n) is 1.74. The summed E-state index contributed by atoms with van der Waals surface area (Å²) in [6.07, 6.45) is 0. The van der Waals surface area contributed by atoms with E-state index in [0.29, 0.717) is 12.0 Å². The highest BCUT2D eigenvalue weighted by molar-refractivity contribution is 5.28. The van der Waals surface area contributed by atoms with Gasteiger partial charge in [-0.15, -0.1) is 0 Å². The van der Waals surface area contributed by atoms with Crippen LogP contribution >= 0.6 is 0 Å². The monoisotopic (exact) mass is 264 g/mol. The summed E-state index contributed by atoms with van der Waals surface area (Å²) in [5.41, 5.74) is 1.30. The van der Waals surface area contributed by atoms with Crippen molar-refractivity contribution in [3.8, 4) is 5.75 Å². The van der Waals surface area contributed by atoms with E-state index in [4.69, 9.17) is 4.74 Å². The Morgan fingerprint density at radius 3 is 2.26 bits per heavy atom. The minimum Gasteiger partial charge on any atom is -0.493 e. The van der Waals surface area contributed by atoms with Crippen LogP contribution in [-0.2, 0) is 0 Å². The smallest absolute Gasteiger partial charge is 0.119 e. The molecule has 1 aromatic carbocycles. The third-order valence-electron chi connectivity index (χ3n) is 2.97. The summed E-state index contributed by atoms with van der Waals surface area (Å²) in [6.45, 7) is 9.34. The van der Waals surface area contributed by atoms with Gasteiger partial charge in [0.25, 0.3) is 0 Å². The van der Waals surface area contributed by atoms with E-state index in [1.165, 1.54) is 5.56 Å². The van der Waals surface area contributed by atoms with E-state index in [0.717, 1.165) is 25.4 Å². The van der Waals surface area contributed by atoms with Crippen LogP contribution in [0.1, 0.15) is 32.4 Å². The number of hydrogen-bond donors (Lipinski definition) is 1. The molecule has 3 nitrogen and oxygen atoms in total. The Bertz CT molecular complexity index is 346. The van der Waals surface area contributed by atoms with Crippen molar-refractivity contribution >= 4 is 0 Å². The Morgan fingerprint density at radius 1 is 1.11 bits per heavy atom. The van der Waals surface area contributed by atoms with Crippen LogP contribution in [0.5, 0.6) is 5.75 Å². The van der Waals surface area contributed by atoms with Crippen LogP contribution in [-0.4, -0.2) is 38.7 Å². The van der Waals surface area contributed by atoms with Crippen LogP contribution in [0.3, 0.4) is 0 Å². The van der Waals surface area contributed by atoms with E-state index in [2.05, 4.69) is 69.3 Å². The molecule has 0 fully saturated rings. The van der Waals surface area contributed by atoms with Gasteiger partial charge in [-0.2, -0.15) is 0 Å². The van der Waals surface area contributed by atoms with Gasteiger partial charge in [0.15, 0.2) is 0 Å². The number of nitrogens with zero attached hydrogens (tertiary/aromatic N) is 1. The largest absolute Gasteiger partial charge is 0.493 e. The highest BCUT2D eigenvalue weighted by atomic mass is 16.5. The molecular formula is C16H28N2O. The predicted molar refractivity (Wildman–Crippen MR) is 81.7 cm³/mol. The zero-order chi connectivity index (χ0) is 14.3. The molecule has 0 radical (unpaired) electrons. The lowest BCUT2D eigenvalue weighted by atomic mass is 10.1. The molecule has 0 heterocycles. The maximum atomic E-state index is 5.69. The zero-order valence-electron chi connectivity index (χ0n) is 12.9. The number of likely N-dealkylation sites (N-methyl/N-ethyl adjacent to an activating group) is 1. The Hall–Kier alpha value is -1.06. The minimum atomic E-state index is 0.374. The first kappa shape index (κ1) is 16.0. The topological polar surface area (TPSA) is 24.5 Å². The highest BCUT2D eigenvalue weighted by Gasteiger charge is 2.05. The fraction of sp³-hybridized carbons (Fsp3) is 0.625. The van der Waals surface area contributed by atoms with E-state index in [-0.39, 0.29) is 0 Å². The molecule has 0 bridgehead atoms. The first-order valence-corrected chi connectivity index (χ1v) is 7.10. The SMILES string of the molecule is CC(C)COc1ccc(C(C)NCCN(C)C)cc1. The van der Waals surface area contributed by atoms with Gasteiger partial charge in [0.05, 0.1) is 6.61 Å². The van der Waals surface area contributed by atoms with Gasteiger partial charge >= 0.3 is 0 Å². The van der Waals surface area contributed by atoms with E-state index < -0.39 is 0 Å². The van der Waals surface area contributed by atoms with Gasteiger partial charge in [0.2, 0.25) is 0 Å². The van der Waals surface area contributed by atoms with Crippen molar-refractivity contribution in [2.45, 2.75) is 26.8 Å². The number of hydrogen-bond acceptors (Lipinski definition) is 3. The van der Waals surface area contributed by atoms with Crippen LogP contribution in [0.25, 0.3) is 0 Å². The lowest BCUT2D eigenvalue weighted by molar-refractivity contribution is 0.271. The molecule has 0 aliphatic heterocycles. The fourth-order valence-corrected chi connectivity index (χ4v) is 1.74. The van der Waals surface area contributed by atoms with Crippen LogP contribution in [0.4, 0.5) is 0 Å². The number of rotatable bonds is 8. The van der Waals surface area contributed by atoms with Crippen molar-refractivity contribution < 1.29 is 4.74 Å². The molecule has 0 aliphatic carbocycles. The normalized spacial score (nSPS) is 13.0. The van der Waals surface area contributed by atoms with Crippen LogP contribution < -0.4 is 10.1 Å². The quantitative estimate of drug-likeness (QED) is 0.781. The summed E-state index contributed by atoms with van der Waals surface area (Å²) >= 11 is 0. The van der Waals surface area contributed by atoms with Gasteiger partial charge < -0.3 is 15.0 Å². The summed E-state index contributed by atoms with van der Waals surface area (Å²) in [4.78, 5) is 2.18. The van der Waals surface area contributed by atoms with Crippen molar-refractivity contribution in [3.05, 3.63) is 29.8 Å². The van der Waals surface area contributed by atoms with E-state index in [9.17, 15) is 0 Å². The van der Waals surface area contributed by atoms with Crippen molar-refractivity contribution in [1.29, 1.82) is 0 Å². The van der Waals surface area contributed by atoms with Crippen molar-refractivity contribution in [3.63, 3.8) is 0 Å². The second kappa shape index (κ2) is 8.18. The van der Waals surface area contributed by atoms with Crippen molar-refractivity contribution in [2.75, 3.05) is 33.8 Å². The Kier molecular flexibility index (Phi) is 6.89. The van der Waals surface area contributed by atoms with Crippen LogP contribution in [0.2, 0.25) is 0 Å². The standard InChI is InChI=1S/C16H28N2O/c1-13(2)12-19-16-8-6-15(7-9-16)14(3)17-10-11-18(4)5/h6-9,13-14,17H,10-12H2,1-5H3.